The largest absolute Gasteiger partial charge is 0.491 e. The van der Waals surface area contributed by atoms with Crippen LogP contribution >= 0.6 is 0 Å². The fourth-order valence-corrected chi connectivity index (χ4v) is 17.3. The van der Waals surface area contributed by atoms with Crippen LogP contribution in [-0.2, 0) is 85.2 Å². The van der Waals surface area contributed by atoms with Crippen LogP contribution in [0.5, 0.6) is 5.75 Å². The summed E-state index contributed by atoms with van der Waals surface area (Å²) in [5.41, 5.74) is -0.712. The predicted molar refractivity (Wildman–Crippen MR) is 293 cm³/mol. The molecule has 458 valence electrons. The highest BCUT2D eigenvalue weighted by molar-refractivity contribution is 5.21. The van der Waals surface area contributed by atoms with Crippen molar-refractivity contribution in [3.63, 3.8) is 0 Å². The smallest absolute Gasteiger partial charge is 0.201 e. The second-order valence-electron chi connectivity index (χ2n) is 27.2. The molecule has 18 heteroatoms. The van der Waals surface area contributed by atoms with Crippen molar-refractivity contribution >= 4 is 0 Å². The van der Waals surface area contributed by atoms with Gasteiger partial charge in [-0.1, -0.05) is 71.9 Å². The monoisotopic (exact) mass is 1160 g/mol. The maximum atomic E-state index is 13.2. The normalized spacial score (nSPS) is 47.8. The van der Waals surface area contributed by atoms with Gasteiger partial charge in [-0.05, 0) is 156 Å². The SMILES string of the molecule is C[C@H]1C(OCCOc2ccccc2)O[C@@H]2O[C@@]3(C)CCC4[C@H](C)CCC1[C@]42OO3.C[C@H]1C(OCc2ccc(F)cc2)O[C@@H]2O[C@@]3(C)CCC4[C@H](C)CCC1[C@]42OO3.C[C@H]1C(OCc2ccco2)O[C@@H]2O[C@@]3(C)CCC4[C@H](C)CCC1[C@]42OO3. The van der Waals surface area contributed by atoms with Gasteiger partial charge in [-0.3, -0.25) is 0 Å². The molecule has 17 nitrogen and oxygen atoms in total. The lowest BCUT2D eigenvalue weighted by Crippen LogP contribution is -2.70. The molecule has 15 fully saturated rings. The molecule has 15 aliphatic rings. The number of hydrogen-bond donors (Lipinski definition) is 0. The van der Waals surface area contributed by atoms with Gasteiger partial charge in [0.1, 0.15) is 30.5 Å². The van der Waals surface area contributed by atoms with Crippen LogP contribution in [0.25, 0.3) is 0 Å². The highest BCUT2D eigenvalue weighted by Gasteiger charge is 2.72. The fraction of sp³-hybridized carbons (Fsp3) is 0.754. The van der Waals surface area contributed by atoms with Gasteiger partial charge in [0.2, 0.25) is 17.4 Å². The molecule has 0 amide bonds. The van der Waals surface area contributed by atoms with Gasteiger partial charge in [0.05, 0.1) is 19.5 Å². The van der Waals surface area contributed by atoms with Gasteiger partial charge in [-0.2, -0.15) is 0 Å². The summed E-state index contributed by atoms with van der Waals surface area (Å²) in [4.78, 5) is 35.9. The fourth-order valence-electron chi connectivity index (χ4n) is 17.3. The quantitative estimate of drug-likeness (QED) is 0.132. The molecule has 12 aliphatic heterocycles. The molecule has 3 aliphatic carbocycles. The number of rotatable bonds is 11. The van der Waals surface area contributed by atoms with E-state index in [0.29, 0.717) is 61.9 Å². The predicted octanol–water partition coefficient (Wildman–Crippen LogP) is 12.8. The van der Waals surface area contributed by atoms with E-state index in [1.54, 1.807) is 18.4 Å². The van der Waals surface area contributed by atoms with Crippen molar-refractivity contribution < 1.29 is 85.5 Å². The first-order valence-corrected chi connectivity index (χ1v) is 31.3. The number of ether oxygens (including phenoxy) is 10. The van der Waals surface area contributed by atoms with Gasteiger partial charge in [0.15, 0.2) is 54.5 Å². The number of fused-ring (bicyclic) bond motifs is 6. The molecule has 1 aromatic heterocycles. The van der Waals surface area contributed by atoms with Gasteiger partial charge in [-0.25, -0.2) is 33.7 Å². The van der Waals surface area contributed by atoms with E-state index in [0.717, 1.165) is 74.9 Å². The first kappa shape index (κ1) is 58.8. The molecule has 6 bridgehead atoms. The Morgan fingerprint density at radius 1 is 0.446 bits per heavy atom. The van der Waals surface area contributed by atoms with Crippen molar-refractivity contribution in [1.29, 1.82) is 0 Å². The van der Waals surface area contributed by atoms with Crippen LogP contribution in [0.15, 0.2) is 77.4 Å². The summed E-state index contributed by atoms with van der Waals surface area (Å²) in [6, 6.07) is 19.9. The number of halogens is 1. The summed E-state index contributed by atoms with van der Waals surface area (Å²) in [7, 11) is 0. The second kappa shape index (κ2) is 23.1. The summed E-state index contributed by atoms with van der Waals surface area (Å²) < 4.78 is 80.8. The number of hydrogen-bond acceptors (Lipinski definition) is 17. The minimum Gasteiger partial charge on any atom is -0.491 e. The van der Waals surface area contributed by atoms with E-state index >= 15 is 0 Å². The maximum Gasteiger partial charge on any atom is 0.201 e. The molecule has 3 aromatic rings. The van der Waals surface area contributed by atoms with E-state index in [9.17, 15) is 4.39 Å². The molecule has 9 unspecified atom stereocenters. The molecule has 18 rings (SSSR count). The number of benzene rings is 2. The van der Waals surface area contributed by atoms with Crippen LogP contribution in [0.2, 0.25) is 0 Å². The molecule has 0 radical (unpaired) electrons. The zero-order valence-corrected chi connectivity index (χ0v) is 50.0. The van der Waals surface area contributed by atoms with E-state index in [2.05, 4.69) is 41.5 Å². The highest BCUT2D eigenvalue weighted by Crippen LogP contribution is 2.64. The Bertz CT molecular complexity index is 2650. The van der Waals surface area contributed by atoms with Crippen molar-refractivity contribution in [1.82, 2.24) is 0 Å². The third kappa shape index (κ3) is 10.6. The van der Waals surface area contributed by atoms with Crippen molar-refractivity contribution in [3.05, 3.63) is 90.1 Å². The molecule has 2 aromatic carbocycles. The Morgan fingerprint density at radius 3 is 1.31 bits per heavy atom. The Morgan fingerprint density at radius 2 is 0.880 bits per heavy atom. The van der Waals surface area contributed by atoms with E-state index in [-0.39, 0.29) is 53.9 Å². The van der Waals surface area contributed by atoms with Gasteiger partial charge in [0.25, 0.3) is 0 Å². The minimum absolute atomic E-state index is 0.140. The highest BCUT2D eigenvalue weighted by atomic mass is 19.1. The molecule has 12 saturated heterocycles. The Hall–Kier alpha value is -3.15. The zero-order chi connectivity index (χ0) is 57.5. The molecular formula is C65H89FO17. The zero-order valence-electron chi connectivity index (χ0n) is 50.0. The molecule has 24 atom stereocenters. The summed E-state index contributed by atoms with van der Waals surface area (Å²) >= 11 is 0. The van der Waals surface area contributed by atoms with E-state index in [1.165, 1.54) is 31.4 Å². The molecular weight excluding hydrogens is 1070 g/mol. The summed E-state index contributed by atoms with van der Waals surface area (Å²) in [5.74, 6) is 3.22. The van der Waals surface area contributed by atoms with Crippen molar-refractivity contribution in [2.24, 2.45) is 71.0 Å². The van der Waals surface area contributed by atoms with Crippen LogP contribution in [-0.4, -0.2) is 85.1 Å². The molecule has 3 saturated carbocycles. The van der Waals surface area contributed by atoms with Crippen LogP contribution in [0, 0.1) is 76.8 Å². The third-order valence-corrected chi connectivity index (χ3v) is 22.0. The van der Waals surface area contributed by atoms with Crippen molar-refractivity contribution in [3.8, 4) is 5.75 Å². The Labute approximate surface area is 488 Å². The lowest BCUT2D eigenvalue weighted by atomic mass is 9.58. The summed E-state index contributed by atoms with van der Waals surface area (Å²) in [6.07, 6.45) is 11.4. The summed E-state index contributed by atoms with van der Waals surface area (Å²) in [6.45, 7) is 21.0. The standard InChI is InChI=1S/C23H32O6.C22H29FO5.C20H28O6/c1-15-9-10-19-16(2)20(25-14-13-24-17-7-5-4-6-8-17)26-21-23(19)18(15)11-12-22(3,27-21)28-29-23;1-13-4-9-18-14(2)19(24-12-15-5-7-16(23)8-6-15)25-20-22(18)17(13)10-11-21(3,26-20)27-28-22;1-12-6-7-16-13(2)17(22-11-14-5-4-10-21-14)23-18-20(16)15(12)8-9-19(3,24-18)25-26-20/h4-8,15-16,18-21H,9-14H2,1-3H3;5-8,13-14,17-20H,4,9-12H2,1-3H3;4-5,10,12-13,15-18H,6-9,11H2,1-3H3/t15-,16-,18?,19?,20?,21-,22-,23-;13-,14-,17?,18?,19?,20-,21-,22-;12-,13-,15?,16?,17?,18-,19-,20-/m111/s1. The Balaban J connectivity index is 0.000000117. The van der Waals surface area contributed by atoms with Crippen LogP contribution in [0.3, 0.4) is 0 Å². The van der Waals surface area contributed by atoms with Crippen LogP contribution in [0.4, 0.5) is 4.39 Å². The van der Waals surface area contributed by atoms with Crippen LogP contribution < -0.4 is 4.74 Å². The van der Waals surface area contributed by atoms with E-state index in [1.807, 2.05) is 63.2 Å². The number of furan rings is 1. The lowest BCUT2D eigenvalue weighted by molar-refractivity contribution is -0.577. The first-order valence-electron chi connectivity index (χ1n) is 31.3. The van der Waals surface area contributed by atoms with Gasteiger partial charge >= 0.3 is 0 Å². The average Bonchev–Trinajstić information content (AvgIpc) is 1.92. The van der Waals surface area contributed by atoms with E-state index in [4.69, 9.17) is 81.1 Å². The van der Waals surface area contributed by atoms with Crippen LogP contribution in [0.1, 0.15) is 151 Å². The first-order chi connectivity index (χ1) is 39.9. The summed E-state index contributed by atoms with van der Waals surface area (Å²) in [5, 5.41) is 0. The van der Waals surface area contributed by atoms with Gasteiger partial charge in [0, 0.05) is 54.8 Å². The molecule has 0 N–H and O–H groups in total. The van der Waals surface area contributed by atoms with Crippen molar-refractivity contribution in [2.45, 2.75) is 224 Å². The van der Waals surface area contributed by atoms with Gasteiger partial charge in [-0.15, -0.1) is 0 Å². The van der Waals surface area contributed by atoms with Gasteiger partial charge < -0.3 is 51.8 Å². The topological polar surface area (TPSA) is 161 Å². The number of para-hydroxylation sites is 1. The maximum absolute atomic E-state index is 13.2. The Kier molecular flexibility index (Phi) is 16.4. The minimum atomic E-state index is -0.778. The lowest BCUT2D eigenvalue weighted by Gasteiger charge is -2.60. The third-order valence-electron chi connectivity index (χ3n) is 22.0. The van der Waals surface area contributed by atoms with Crippen molar-refractivity contribution in [2.75, 3.05) is 13.2 Å². The molecule has 13 heterocycles. The molecule has 83 heavy (non-hydrogen) atoms. The second-order valence-corrected chi connectivity index (χ2v) is 27.2. The van der Waals surface area contributed by atoms with E-state index < -0.39 is 59.3 Å². The average molecular weight is 1160 g/mol. The molecule has 3 spiro atoms.